The molecule has 0 aliphatic heterocycles. The summed E-state index contributed by atoms with van der Waals surface area (Å²) in [5.74, 6) is 0.0130. The molecule has 15 rings (SSSR count). The smallest absolute Gasteiger partial charge is 0.471 e. The van der Waals surface area contributed by atoms with Gasteiger partial charge in [0.2, 0.25) is 0 Å². The molecule has 0 saturated carbocycles. The maximum atomic E-state index is 15.1. The van der Waals surface area contributed by atoms with E-state index >= 15 is 19.2 Å². The number of nitrogens with zero attached hydrogens (tertiary/aromatic N) is 6. The van der Waals surface area contributed by atoms with Gasteiger partial charge in [-0.3, -0.25) is 9.97 Å². The average Bonchev–Trinajstić information content (AvgIpc) is 0.771. The van der Waals surface area contributed by atoms with Crippen molar-refractivity contribution in [1.29, 1.82) is 0 Å². The van der Waals surface area contributed by atoms with E-state index in [9.17, 15) is 0 Å². The van der Waals surface area contributed by atoms with Crippen LogP contribution in [0.5, 0.6) is 23.0 Å². The van der Waals surface area contributed by atoms with Gasteiger partial charge in [0, 0.05) is 24.8 Å². The number of pyridine rings is 4. The summed E-state index contributed by atoms with van der Waals surface area (Å²) in [4.78, 5) is 88.4. The molecule has 0 aliphatic rings. The van der Waals surface area contributed by atoms with Gasteiger partial charge in [-0.15, -0.1) is 154 Å². The van der Waals surface area contributed by atoms with E-state index in [4.69, 9.17) is 28.9 Å². The molecular formula is C112H98Ir2N6O8. The molecule has 16 heteroatoms. The molecule has 15 aromatic rings. The van der Waals surface area contributed by atoms with Crippen LogP contribution in [0.4, 0.5) is 0 Å². The summed E-state index contributed by atoms with van der Waals surface area (Å²) in [6.07, 6.45) is 12.3. The molecule has 0 aliphatic carbocycles. The Kier molecular flexibility index (Phi) is 30.8. The predicted molar refractivity (Wildman–Crippen MR) is 497 cm³/mol. The van der Waals surface area contributed by atoms with Crippen LogP contribution >= 0.6 is 0 Å². The fourth-order valence-electron chi connectivity index (χ4n) is 15.9. The van der Waals surface area contributed by atoms with Gasteiger partial charge in [0.1, 0.15) is 0 Å². The van der Waals surface area contributed by atoms with Crippen LogP contribution in [0.3, 0.4) is 0 Å². The van der Waals surface area contributed by atoms with E-state index in [0.29, 0.717) is 84.0 Å². The van der Waals surface area contributed by atoms with Gasteiger partial charge in [-0.2, -0.15) is 0 Å². The summed E-state index contributed by atoms with van der Waals surface area (Å²) >= 11 is 0. The summed E-state index contributed by atoms with van der Waals surface area (Å²) in [6.45, 7) is 25.6. The first-order chi connectivity index (χ1) is 61.0. The van der Waals surface area contributed by atoms with Crippen LogP contribution in [0.15, 0.2) is 268 Å². The van der Waals surface area contributed by atoms with Crippen molar-refractivity contribution in [3.05, 3.63) is 360 Å². The van der Waals surface area contributed by atoms with Crippen LogP contribution in [0.25, 0.3) is 112 Å². The Morgan fingerprint density at radius 3 is 0.742 bits per heavy atom. The second kappa shape index (κ2) is 42.6. The maximum Gasteiger partial charge on any atom is 3.00 e. The number of hydrogen-bond acceptors (Lipinski definition) is 14. The van der Waals surface area contributed by atoms with Crippen molar-refractivity contribution in [1.82, 2.24) is 29.9 Å². The van der Waals surface area contributed by atoms with Gasteiger partial charge in [-0.05, 0) is 191 Å². The minimum atomic E-state index is -0.667. The normalized spacial score (nSPS) is 11.3. The Morgan fingerprint density at radius 1 is 0.250 bits per heavy atom. The summed E-state index contributed by atoms with van der Waals surface area (Å²) in [5.41, 5.74) is 20.8. The van der Waals surface area contributed by atoms with Crippen LogP contribution in [-0.2, 0) is 78.7 Å². The van der Waals surface area contributed by atoms with E-state index in [0.717, 1.165) is 123 Å². The topological polar surface area (TPSA) is 183 Å². The number of rotatable bonds is 30. The number of carbonyl (C=O) groups is 4. The summed E-state index contributed by atoms with van der Waals surface area (Å²) in [7, 11) is 0. The minimum absolute atomic E-state index is 0. The molecule has 0 radical (unpaired) electrons. The molecule has 0 spiro atoms. The van der Waals surface area contributed by atoms with Gasteiger partial charge in [0.25, 0.3) is 0 Å². The zero-order chi connectivity index (χ0) is 88.1. The second-order valence-electron chi connectivity index (χ2n) is 34.5. The van der Waals surface area contributed by atoms with Crippen molar-refractivity contribution in [2.24, 2.45) is 35.5 Å². The number of carbonyl (C=O) groups excluding carboxylic acids is 4. The first-order valence-corrected chi connectivity index (χ1v) is 43.1. The molecule has 10 aromatic carbocycles. The first kappa shape index (κ1) is 92.7. The molecule has 642 valence electrons. The second-order valence-corrected chi connectivity index (χ2v) is 34.5. The zero-order valence-electron chi connectivity index (χ0n) is 73.7. The third kappa shape index (κ3) is 22.9. The zero-order valence-corrected chi connectivity index (χ0v) is 78.5. The Labute approximate surface area is 778 Å². The van der Waals surface area contributed by atoms with Crippen LogP contribution in [0, 0.1) is 71.9 Å². The predicted octanol–water partition coefficient (Wildman–Crippen LogP) is 25.6. The fourth-order valence-corrected chi connectivity index (χ4v) is 15.9. The van der Waals surface area contributed by atoms with Crippen molar-refractivity contribution in [2.45, 2.75) is 122 Å². The molecule has 0 bridgehead atoms. The molecule has 0 N–H and O–H groups in total. The number of hydrogen-bond donors (Lipinski definition) is 0. The van der Waals surface area contributed by atoms with Gasteiger partial charge >= 0.3 is 64.1 Å². The fraction of sp³-hybridized carbons (Fsp3) is 0.214. The van der Waals surface area contributed by atoms with Gasteiger partial charge in [0.15, 0.2) is 0 Å². The van der Waals surface area contributed by atoms with E-state index < -0.39 is 23.9 Å². The van der Waals surface area contributed by atoms with Crippen LogP contribution in [0.1, 0.15) is 158 Å². The van der Waals surface area contributed by atoms with Crippen molar-refractivity contribution >= 4 is 23.9 Å². The van der Waals surface area contributed by atoms with E-state index in [1.165, 1.54) is 0 Å². The van der Waals surface area contributed by atoms with Crippen LogP contribution < -0.4 is 18.9 Å². The molecule has 0 fully saturated rings. The van der Waals surface area contributed by atoms with Crippen molar-refractivity contribution < 1.29 is 78.3 Å². The van der Waals surface area contributed by atoms with Gasteiger partial charge in [-0.25, -0.2) is 19.2 Å². The van der Waals surface area contributed by atoms with Gasteiger partial charge < -0.3 is 38.9 Å². The molecule has 14 nitrogen and oxygen atoms in total. The quantitative estimate of drug-likeness (QED) is 0.0235. The molecule has 0 atom stereocenters. The molecule has 0 saturated heterocycles. The van der Waals surface area contributed by atoms with Crippen molar-refractivity contribution in [2.75, 3.05) is 0 Å². The van der Waals surface area contributed by atoms with Crippen molar-refractivity contribution in [3.8, 4) is 135 Å². The largest absolute Gasteiger partial charge is 3.00 e. The number of esters is 4. The first-order valence-electron chi connectivity index (χ1n) is 43.1. The number of benzene rings is 10. The minimum Gasteiger partial charge on any atom is -0.471 e. The van der Waals surface area contributed by atoms with Crippen LogP contribution in [0.2, 0.25) is 0 Å². The molecule has 0 unspecified atom stereocenters. The monoisotopic (exact) mass is 2040 g/mol. The van der Waals surface area contributed by atoms with Gasteiger partial charge in [0.05, 0.1) is 51.6 Å². The Hall–Kier alpha value is -12.9. The standard InChI is InChI=1S/C112H98N6O8.2Ir/c1-69(2)49-81-55-79(33-39-95(81)97-27-15-13-25-93(97)83-61-89(109(119)123-105-41-35-75(57-85(105)51-71(5)6)99-29-17-21-45-113-99)65-90(62-83)110(120)124-106-42-36-76(58-86(106)52-72(7)8)100-30-18-22-46-114-100)103-67-104(118-68-117-103)80-34-40-96(82(56-80)50-70(3)4)98-28-16-14-26-94(98)84-63-91(111(121)125-107-43-37-77(59-87(107)53-73(9)10)101-31-19-23-47-115-101)66-92(64-84)112(122)126-108-44-38-78(60-88(108)54-74(11)12)102-32-20-24-48-116-102;;/h13-32,39-48,55-74H,49-54H2,1-12H3;;/q-6;2*+3. The number of ether oxygens (including phenoxy) is 4. The molecule has 5 aromatic heterocycles. The molecule has 128 heavy (non-hydrogen) atoms. The van der Waals surface area contributed by atoms with Crippen molar-refractivity contribution in [3.63, 3.8) is 0 Å². The third-order valence-electron chi connectivity index (χ3n) is 21.5. The third-order valence-corrected chi connectivity index (χ3v) is 21.5. The summed E-state index contributed by atoms with van der Waals surface area (Å²) in [5, 5.41) is 0. The maximum absolute atomic E-state index is 15.1. The Morgan fingerprint density at radius 2 is 0.484 bits per heavy atom. The molecule has 0 amide bonds. The van der Waals surface area contributed by atoms with E-state index in [2.05, 4.69) is 164 Å². The van der Waals surface area contributed by atoms with Gasteiger partial charge in [-0.1, -0.05) is 231 Å². The Balaban J connectivity index is 0.00000700. The van der Waals surface area contributed by atoms with E-state index in [1.807, 2.05) is 152 Å². The van der Waals surface area contributed by atoms with E-state index in [-0.39, 0.29) is 98.0 Å². The van der Waals surface area contributed by atoms with E-state index in [1.54, 1.807) is 91.8 Å². The molecular weight excluding hydrogens is 1940 g/mol. The average molecular weight is 2040 g/mol. The Bertz CT molecular complexity index is 5830. The summed E-state index contributed by atoms with van der Waals surface area (Å²) < 4.78 is 25.6. The molecule has 5 heterocycles. The summed E-state index contributed by atoms with van der Waals surface area (Å²) in [6, 6.07) is 94.5. The SMILES string of the molecule is CC(C)Cc1cc(-c2ccccn2)[c-]cc1OC(=O)c1cc(C(=O)Oc2c[c-]c(-c3ccccn3)cc2CC(C)C)cc(-c2ccccc2-c2c[c-]c(-c3cc(-c4[c-]cc(-c5ccccc5-c5cc(C(=O)Oc6c[c-]c(-c7ccccn7)cc6CC(C)C)cc(C(=O)Oc6c[c-]c(-c7ccccn7)cc6CC(C)C)c5)c(CC(C)C)c4)ncn3)cc2CC(C)C)c1.[Ir+3].[Ir+3]. The van der Waals surface area contributed by atoms with Crippen LogP contribution in [-0.4, -0.2) is 53.8 Å². The number of aromatic nitrogens is 6.